The smallest absolute Gasteiger partial charge is 0.217 e. The Morgan fingerprint density at radius 1 is 1.31 bits per heavy atom. The van der Waals surface area contributed by atoms with Crippen LogP contribution in [0.2, 0.25) is 0 Å². The van der Waals surface area contributed by atoms with Crippen molar-refractivity contribution in [2.45, 2.75) is 64.2 Å². The Hall–Kier alpha value is -0.610. The first-order valence-corrected chi connectivity index (χ1v) is 6.25. The minimum Gasteiger partial charge on any atom is -0.375 e. The summed E-state index contributed by atoms with van der Waals surface area (Å²) in [5.41, 5.74) is 5.08. The Balaban J connectivity index is 2.06. The van der Waals surface area contributed by atoms with Crippen molar-refractivity contribution >= 4 is 5.91 Å². The lowest BCUT2D eigenvalue weighted by Gasteiger charge is -2.32. The molecule has 1 aliphatic rings. The number of hydrogen-bond donors (Lipinski definition) is 2. The molecule has 1 aliphatic heterocycles. The van der Waals surface area contributed by atoms with Crippen LogP contribution in [-0.4, -0.2) is 30.7 Å². The molecule has 2 atom stereocenters. The first-order valence-electron chi connectivity index (χ1n) is 6.25. The molecule has 1 amide bonds. The summed E-state index contributed by atoms with van der Waals surface area (Å²) < 4.78 is 5.67. The van der Waals surface area contributed by atoms with Crippen molar-refractivity contribution in [3.05, 3.63) is 0 Å². The van der Waals surface area contributed by atoms with Crippen LogP contribution in [0, 0.1) is 0 Å². The largest absolute Gasteiger partial charge is 0.375 e. The van der Waals surface area contributed by atoms with Crippen LogP contribution < -0.4 is 11.1 Å². The number of unbranched alkanes of at least 4 members (excludes halogenated alkanes) is 1. The lowest BCUT2D eigenvalue weighted by molar-refractivity contribution is -0.118. The number of ether oxygens (including phenoxy) is 1. The second kappa shape index (κ2) is 6.86. The average molecular weight is 228 g/mol. The summed E-state index contributed by atoms with van der Waals surface area (Å²) in [6.45, 7) is 5.21. The van der Waals surface area contributed by atoms with E-state index in [1.807, 2.05) is 0 Å². The summed E-state index contributed by atoms with van der Waals surface area (Å²) in [5.74, 6) is -0.201. The van der Waals surface area contributed by atoms with Crippen molar-refractivity contribution in [3.63, 3.8) is 0 Å². The van der Waals surface area contributed by atoms with Gasteiger partial charge >= 0.3 is 0 Å². The Labute approximate surface area is 97.9 Å². The highest BCUT2D eigenvalue weighted by atomic mass is 16.5. The predicted molar refractivity (Wildman–Crippen MR) is 64.1 cm³/mol. The third kappa shape index (κ3) is 5.47. The second-order valence-corrected chi connectivity index (χ2v) is 4.80. The van der Waals surface area contributed by atoms with Gasteiger partial charge < -0.3 is 15.8 Å². The van der Waals surface area contributed by atoms with Gasteiger partial charge in [-0.2, -0.15) is 0 Å². The molecular weight excluding hydrogens is 204 g/mol. The predicted octanol–water partition coefficient (Wildman–Crippen LogP) is 1.19. The van der Waals surface area contributed by atoms with Gasteiger partial charge in [-0.25, -0.2) is 0 Å². The van der Waals surface area contributed by atoms with Gasteiger partial charge in [-0.3, -0.25) is 4.79 Å². The zero-order chi connectivity index (χ0) is 12.0. The molecule has 16 heavy (non-hydrogen) atoms. The molecule has 0 aromatic rings. The Bertz CT molecular complexity index is 211. The molecule has 4 nitrogen and oxygen atoms in total. The van der Waals surface area contributed by atoms with Gasteiger partial charge in [-0.05, 0) is 46.1 Å². The molecule has 0 bridgehead atoms. The highest BCUT2D eigenvalue weighted by Crippen LogP contribution is 2.18. The lowest BCUT2D eigenvalue weighted by atomic mass is 10.00. The van der Waals surface area contributed by atoms with Crippen molar-refractivity contribution in [2.24, 2.45) is 5.73 Å². The summed E-state index contributed by atoms with van der Waals surface area (Å²) in [6, 6.07) is 0.562. The van der Waals surface area contributed by atoms with Crippen LogP contribution in [0.4, 0.5) is 0 Å². The van der Waals surface area contributed by atoms with E-state index in [1.165, 1.54) is 0 Å². The summed E-state index contributed by atoms with van der Waals surface area (Å²) in [4.78, 5) is 10.5. The van der Waals surface area contributed by atoms with Gasteiger partial charge in [0.25, 0.3) is 0 Å². The Morgan fingerprint density at radius 3 is 2.50 bits per heavy atom. The SMILES string of the molecule is CC1CC(NCCCCC(N)=O)CC(C)O1. The van der Waals surface area contributed by atoms with E-state index in [-0.39, 0.29) is 5.91 Å². The van der Waals surface area contributed by atoms with E-state index in [1.54, 1.807) is 0 Å². The van der Waals surface area contributed by atoms with E-state index in [0.717, 1.165) is 32.2 Å². The summed E-state index contributed by atoms with van der Waals surface area (Å²) >= 11 is 0. The van der Waals surface area contributed by atoms with Crippen LogP contribution in [0.3, 0.4) is 0 Å². The first kappa shape index (κ1) is 13.5. The van der Waals surface area contributed by atoms with Crippen LogP contribution in [0.25, 0.3) is 0 Å². The quantitative estimate of drug-likeness (QED) is 0.671. The molecule has 2 unspecified atom stereocenters. The fourth-order valence-electron chi connectivity index (χ4n) is 2.30. The standard InChI is InChI=1S/C12H24N2O2/c1-9-7-11(8-10(2)16-9)14-6-4-3-5-12(13)15/h9-11,14H,3-8H2,1-2H3,(H2,13,15). The normalized spacial score (nSPS) is 30.2. The van der Waals surface area contributed by atoms with Gasteiger partial charge in [0.15, 0.2) is 0 Å². The summed E-state index contributed by atoms with van der Waals surface area (Å²) in [7, 11) is 0. The third-order valence-electron chi connectivity index (χ3n) is 2.98. The lowest BCUT2D eigenvalue weighted by Crippen LogP contribution is -2.41. The number of amides is 1. The number of carbonyl (C=O) groups excluding carboxylic acids is 1. The highest BCUT2D eigenvalue weighted by Gasteiger charge is 2.23. The van der Waals surface area contributed by atoms with Crippen molar-refractivity contribution in [3.8, 4) is 0 Å². The molecule has 94 valence electrons. The Kier molecular flexibility index (Phi) is 5.77. The maximum Gasteiger partial charge on any atom is 0.217 e. The first-order chi connectivity index (χ1) is 7.58. The van der Waals surface area contributed by atoms with E-state index >= 15 is 0 Å². The molecule has 0 radical (unpaired) electrons. The fourth-order valence-corrected chi connectivity index (χ4v) is 2.30. The molecule has 0 aliphatic carbocycles. The van der Waals surface area contributed by atoms with Crippen LogP contribution in [0.1, 0.15) is 46.0 Å². The number of nitrogens with one attached hydrogen (secondary N) is 1. The van der Waals surface area contributed by atoms with Gasteiger partial charge in [0, 0.05) is 12.5 Å². The molecule has 1 saturated heterocycles. The number of primary amides is 1. The molecule has 1 fully saturated rings. The van der Waals surface area contributed by atoms with Crippen molar-refractivity contribution < 1.29 is 9.53 Å². The fraction of sp³-hybridized carbons (Fsp3) is 0.917. The van der Waals surface area contributed by atoms with Crippen molar-refractivity contribution in [1.29, 1.82) is 0 Å². The van der Waals surface area contributed by atoms with E-state index in [2.05, 4.69) is 19.2 Å². The summed E-state index contributed by atoms with van der Waals surface area (Å²) in [5, 5.41) is 3.52. The molecule has 0 aromatic carbocycles. The number of nitrogens with two attached hydrogens (primary N) is 1. The zero-order valence-electron chi connectivity index (χ0n) is 10.4. The molecule has 3 N–H and O–H groups in total. The van der Waals surface area contributed by atoms with Gasteiger partial charge in [0.1, 0.15) is 0 Å². The summed E-state index contributed by atoms with van der Waals surface area (Å²) in [6.07, 6.45) is 5.28. The minimum absolute atomic E-state index is 0.201. The molecular formula is C12H24N2O2. The van der Waals surface area contributed by atoms with E-state index < -0.39 is 0 Å². The molecule has 1 heterocycles. The van der Waals surface area contributed by atoms with Crippen molar-refractivity contribution in [1.82, 2.24) is 5.32 Å². The molecule has 0 aromatic heterocycles. The van der Waals surface area contributed by atoms with E-state index in [4.69, 9.17) is 10.5 Å². The third-order valence-corrected chi connectivity index (χ3v) is 2.98. The molecule has 0 saturated carbocycles. The Morgan fingerprint density at radius 2 is 1.94 bits per heavy atom. The van der Waals surface area contributed by atoms with Gasteiger partial charge in [0.2, 0.25) is 5.91 Å². The topological polar surface area (TPSA) is 64.3 Å². The van der Waals surface area contributed by atoms with Gasteiger partial charge in [-0.1, -0.05) is 0 Å². The second-order valence-electron chi connectivity index (χ2n) is 4.80. The number of hydrogen-bond acceptors (Lipinski definition) is 3. The van der Waals surface area contributed by atoms with Crippen LogP contribution in [0.15, 0.2) is 0 Å². The van der Waals surface area contributed by atoms with E-state index in [9.17, 15) is 4.79 Å². The number of rotatable bonds is 6. The van der Waals surface area contributed by atoms with Crippen LogP contribution >= 0.6 is 0 Å². The maximum absolute atomic E-state index is 10.5. The molecule has 4 heteroatoms. The molecule has 1 rings (SSSR count). The zero-order valence-corrected chi connectivity index (χ0v) is 10.4. The van der Waals surface area contributed by atoms with E-state index in [0.29, 0.717) is 24.7 Å². The van der Waals surface area contributed by atoms with Crippen LogP contribution in [0.5, 0.6) is 0 Å². The minimum atomic E-state index is -0.201. The maximum atomic E-state index is 10.5. The van der Waals surface area contributed by atoms with Gasteiger partial charge in [0.05, 0.1) is 12.2 Å². The van der Waals surface area contributed by atoms with Gasteiger partial charge in [-0.15, -0.1) is 0 Å². The highest BCUT2D eigenvalue weighted by molar-refractivity contribution is 5.73. The monoisotopic (exact) mass is 228 g/mol. The number of carbonyl (C=O) groups is 1. The van der Waals surface area contributed by atoms with Crippen molar-refractivity contribution in [2.75, 3.05) is 6.54 Å². The average Bonchev–Trinajstić information content (AvgIpc) is 2.15. The van der Waals surface area contributed by atoms with Crippen LogP contribution in [-0.2, 0) is 9.53 Å². The molecule has 0 spiro atoms.